The van der Waals surface area contributed by atoms with Crippen molar-refractivity contribution in [3.8, 4) is 11.1 Å². The van der Waals surface area contributed by atoms with Gasteiger partial charge in [0.05, 0.1) is 4.90 Å². The average Bonchev–Trinajstić information content (AvgIpc) is 3.02. The Morgan fingerprint density at radius 3 is 2.39 bits per heavy atom. The zero-order valence-electron chi connectivity index (χ0n) is 13.0. The summed E-state index contributed by atoms with van der Waals surface area (Å²) in [7, 11) is -3.52. The lowest BCUT2D eigenvalue weighted by Gasteiger charge is -2.22. The molecule has 5 heteroatoms. The van der Waals surface area contributed by atoms with Crippen LogP contribution in [0.25, 0.3) is 11.1 Å². The second-order valence-electron chi connectivity index (χ2n) is 5.84. The molecule has 4 nitrogen and oxygen atoms in total. The van der Waals surface area contributed by atoms with Crippen molar-refractivity contribution >= 4 is 16.3 Å². The summed E-state index contributed by atoms with van der Waals surface area (Å²) >= 11 is 0. The first-order chi connectivity index (χ1) is 11.0. The highest BCUT2D eigenvalue weighted by molar-refractivity contribution is 7.89. The van der Waals surface area contributed by atoms with Gasteiger partial charge in [-0.15, -0.1) is 0 Å². The molecule has 0 aromatic heterocycles. The lowest BCUT2D eigenvalue weighted by molar-refractivity contribution is 0.112. The van der Waals surface area contributed by atoms with Gasteiger partial charge in [-0.25, -0.2) is 8.42 Å². The number of rotatable bonds is 4. The van der Waals surface area contributed by atoms with Gasteiger partial charge in [0.1, 0.15) is 6.29 Å². The molecule has 1 heterocycles. The molecule has 0 unspecified atom stereocenters. The molecule has 2 aromatic rings. The summed E-state index contributed by atoms with van der Waals surface area (Å²) < 4.78 is 27.7. The third kappa shape index (κ3) is 2.94. The Hall–Kier alpha value is -1.98. The van der Waals surface area contributed by atoms with Gasteiger partial charge in [-0.05, 0) is 31.4 Å². The minimum absolute atomic E-state index is 0.0329. The molecule has 120 valence electrons. The number of sulfonamides is 1. The van der Waals surface area contributed by atoms with Crippen LogP contribution in [0.3, 0.4) is 0 Å². The number of nitrogens with zero attached hydrogens (tertiary/aromatic N) is 1. The largest absolute Gasteiger partial charge is 0.298 e. The maximum Gasteiger partial charge on any atom is 0.243 e. The van der Waals surface area contributed by atoms with E-state index in [0.717, 1.165) is 24.7 Å². The Morgan fingerprint density at radius 2 is 1.78 bits per heavy atom. The molecule has 3 rings (SSSR count). The molecule has 23 heavy (non-hydrogen) atoms. The molecule has 2 aromatic carbocycles. The first kappa shape index (κ1) is 15.9. The fourth-order valence-corrected chi connectivity index (χ4v) is 4.98. The molecule has 1 saturated heterocycles. The van der Waals surface area contributed by atoms with Gasteiger partial charge in [-0.1, -0.05) is 42.5 Å². The summed E-state index contributed by atoms with van der Waals surface area (Å²) in [5.74, 6) is 0. The summed E-state index contributed by atoms with van der Waals surface area (Å²) in [6.45, 7) is 2.52. The molecule has 0 aliphatic carbocycles. The quantitative estimate of drug-likeness (QED) is 0.808. The third-order valence-corrected chi connectivity index (χ3v) is 6.40. The smallest absolute Gasteiger partial charge is 0.243 e. The number of hydrogen-bond donors (Lipinski definition) is 0. The molecule has 0 radical (unpaired) electrons. The highest BCUT2D eigenvalue weighted by atomic mass is 32.2. The van der Waals surface area contributed by atoms with Crippen LogP contribution in [0.4, 0.5) is 0 Å². The third-order valence-electron chi connectivity index (χ3n) is 4.32. The van der Waals surface area contributed by atoms with Gasteiger partial charge >= 0.3 is 0 Å². The van der Waals surface area contributed by atoms with Gasteiger partial charge in [-0.2, -0.15) is 4.31 Å². The fraction of sp³-hybridized carbons (Fsp3) is 0.278. The molecule has 0 amide bonds. The second kappa shape index (κ2) is 6.26. The van der Waals surface area contributed by atoms with E-state index in [2.05, 4.69) is 0 Å². The summed E-state index contributed by atoms with van der Waals surface area (Å²) in [6, 6.07) is 14.0. The summed E-state index contributed by atoms with van der Waals surface area (Å²) in [5, 5.41) is 0. The first-order valence-corrected chi connectivity index (χ1v) is 9.14. The molecule has 0 bridgehead atoms. The van der Waals surface area contributed by atoms with E-state index < -0.39 is 10.0 Å². The summed E-state index contributed by atoms with van der Waals surface area (Å²) in [6.07, 6.45) is 2.57. The van der Waals surface area contributed by atoms with E-state index in [-0.39, 0.29) is 6.04 Å². The Bertz CT molecular complexity index is 812. The standard InChI is InChI=1S/C18H19NO3S/c1-14-5-4-12-19(14)23(21,22)18-7-3-2-6-17(18)16-10-8-15(13-20)9-11-16/h2-3,6-11,13-14H,4-5,12H2,1H3/t14-/m1/s1. The van der Waals surface area contributed by atoms with Gasteiger partial charge in [-0.3, -0.25) is 4.79 Å². The normalized spacial score (nSPS) is 18.9. The maximum absolute atomic E-state index is 13.0. The molecular formula is C18H19NO3S. The number of hydrogen-bond acceptors (Lipinski definition) is 3. The first-order valence-electron chi connectivity index (χ1n) is 7.70. The van der Waals surface area contributed by atoms with Crippen LogP contribution < -0.4 is 0 Å². The highest BCUT2D eigenvalue weighted by Gasteiger charge is 2.33. The Balaban J connectivity index is 2.08. The van der Waals surface area contributed by atoms with E-state index in [9.17, 15) is 13.2 Å². The van der Waals surface area contributed by atoms with Gasteiger partial charge in [0.2, 0.25) is 10.0 Å². The van der Waals surface area contributed by atoms with E-state index >= 15 is 0 Å². The summed E-state index contributed by atoms with van der Waals surface area (Å²) in [5.41, 5.74) is 2.04. The molecule has 0 saturated carbocycles. The van der Waals surface area contributed by atoms with Crippen LogP contribution in [-0.4, -0.2) is 31.6 Å². The van der Waals surface area contributed by atoms with Crippen molar-refractivity contribution in [2.24, 2.45) is 0 Å². The monoisotopic (exact) mass is 329 g/mol. The van der Waals surface area contributed by atoms with Gasteiger partial charge in [0.15, 0.2) is 0 Å². The van der Waals surface area contributed by atoms with Crippen LogP contribution in [0.2, 0.25) is 0 Å². The molecule has 0 spiro atoms. The fourth-order valence-electron chi connectivity index (χ4n) is 3.06. The van der Waals surface area contributed by atoms with Crippen molar-refractivity contribution in [2.45, 2.75) is 30.7 Å². The van der Waals surface area contributed by atoms with Crippen molar-refractivity contribution in [3.05, 3.63) is 54.1 Å². The second-order valence-corrected chi connectivity index (χ2v) is 7.70. The van der Waals surface area contributed by atoms with E-state index in [1.165, 1.54) is 0 Å². The molecule has 1 aliphatic rings. The van der Waals surface area contributed by atoms with Crippen molar-refractivity contribution in [1.82, 2.24) is 4.31 Å². The molecular weight excluding hydrogens is 310 g/mol. The lowest BCUT2D eigenvalue weighted by Crippen LogP contribution is -2.33. The van der Waals surface area contributed by atoms with Crippen LogP contribution in [0.5, 0.6) is 0 Å². The predicted octanol–water partition coefficient (Wildman–Crippen LogP) is 3.34. The number of benzene rings is 2. The molecule has 1 aliphatic heterocycles. The topological polar surface area (TPSA) is 54.5 Å². The van der Waals surface area contributed by atoms with Crippen LogP contribution in [0.15, 0.2) is 53.4 Å². The molecule has 1 fully saturated rings. The van der Waals surface area contributed by atoms with Crippen LogP contribution in [-0.2, 0) is 10.0 Å². The Kier molecular flexibility index (Phi) is 4.33. The van der Waals surface area contributed by atoms with Gasteiger partial charge in [0, 0.05) is 23.7 Å². The van der Waals surface area contributed by atoms with Crippen LogP contribution in [0, 0.1) is 0 Å². The zero-order chi connectivity index (χ0) is 16.4. The molecule has 0 N–H and O–H groups in total. The van der Waals surface area contributed by atoms with Gasteiger partial charge < -0.3 is 0 Å². The number of carbonyl (C=O) groups is 1. The van der Waals surface area contributed by atoms with E-state index in [0.29, 0.717) is 22.6 Å². The summed E-state index contributed by atoms with van der Waals surface area (Å²) in [4.78, 5) is 11.1. The zero-order valence-corrected chi connectivity index (χ0v) is 13.8. The average molecular weight is 329 g/mol. The highest BCUT2D eigenvalue weighted by Crippen LogP contribution is 2.32. The van der Waals surface area contributed by atoms with E-state index in [4.69, 9.17) is 0 Å². The minimum atomic E-state index is -3.52. The minimum Gasteiger partial charge on any atom is -0.298 e. The van der Waals surface area contributed by atoms with Crippen molar-refractivity contribution in [1.29, 1.82) is 0 Å². The SMILES string of the molecule is C[C@@H]1CCCN1S(=O)(=O)c1ccccc1-c1ccc(C=O)cc1. The number of carbonyl (C=O) groups excluding carboxylic acids is 1. The van der Waals surface area contributed by atoms with Crippen molar-refractivity contribution in [3.63, 3.8) is 0 Å². The van der Waals surface area contributed by atoms with E-state index in [1.807, 2.05) is 19.1 Å². The van der Waals surface area contributed by atoms with Crippen LogP contribution in [0.1, 0.15) is 30.1 Å². The van der Waals surface area contributed by atoms with Crippen LogP contribution >= 0.6 is 0 Å². The van der Waals surface area contributed by atoms with Crippen molar-refractivity contribution in [2.75, 3.05) is 6.54 Å². The van der Waals surface area contributed by atoms with E-state index in [1.54, 1.807) is 40.7 Å². The predicted molar refractivity (Wildman–Crippen MR) is 89.9 cm³/mol. The lowest BCUT2D eigenvalue weighted by atomic mass is 10.0. The number of aldehydes is 1. The molecule has 1 atom stereocenters. The maximum atomic E-state index is 13.0. The van der Waals surface area contributed by atoms with Gasteiger partial charge in [0.25, 0.3) is 0 Å². The Morgan fingerprint density at radius 1 is 1.09 bits per heavy atom. The van der Waals surface area contributed by atoms with Crippen molar-refractivity contribution < 1.29 is 13.2 Å². The Labute approximate surface area is 136 Å².